The first-order valence-electron chi connectivity index (χ1n) is 9.95. The molecule has 148 valence electrons. The van der Waals surface area contributed by atoms with E-state index in [4.69, 9.17) is 4.74 Å². The number of urea groups is 1. The van der Waals surface area contributed by atoms with Gasteiger partial charge in [0.25, 0.3) is 5.91 Å². The van der Waals surface area contributed by atoms with Crippen molar-refractivity contribution in [1.29, 1.82) is 0 Å². The number of likely N-dealkylation sites (tertiary alicyclic amines) is 1. The second-order valence-corrected chi connectivity index (χ2v) is 8.18. The monoisotopic (exact) mass is 373 g/mol. The minimum Gasteiger partial charge on any atom is -0.494 e. The maximum Gasteiger partial charge on any atom is 0.325 e. The Morgan fingerprint density at radius 3 is 2.63 bits per heavy atom. The van der Waals surface area contributed by atoms with Gasteiger partial charge in [-0.15, -0.1) is 0 Å². The fraction of sp³-hybridized carbons (Fsp3) is 0.619. The minimum absolute atomic E-state index is 0.0627. The highest BCUT2D eigenvalue weighted by atomic mass is 16.5. The number of benzene rings is 1. The summed E-state index contributed by atoms with van der Waals surface area (Å²) in [4.78, 5) is 29.0. The maximum atomic E-state index is 12.9. The van der Waals surface area contributed by atoms with Gasteiger partial charge in [-0.2, -0.15) is 0 Å². The maximum absolute atomic E-state index is 12.9. The molecule has 0 aromatic heterocycles. The quantitative estimate of drug-likeness (QED) is 0.590. The highest BCUT2D eigenvalue weighted by Crippen LogP contribution is 2.30. The number of carbonyl (C=O) groups is 2. The van der Waals surface area contributed by atoms with E-state index >= 15 is 0 Å². The van der Waals surface area contributed by atoms with Crippen molar-refractivity contribution in [3.8, 4) is 5.75 Å². The molecule has 3 amide bonds. The summed E-state index contributed by atoms with van der Waals surface area (Å²) in [5, 5.41) is 2.98. The molecule has 0 bridgehead atoms. The third-order valence-electron chi connectivity index (χ3n) is 5.36. The molecule has 0 radical (unpaired) electrons. The van der Waals surface area contributed by atoms with Gasteiger partial charge in [-0.05, 0) is 49.8 Å². The van der Waals surface area contributed by atoms with Gasteiger partial charge in [0.1, 0.15) is 11.3 Å². The number of piperidine rings is 1. The zero-order valence-electron chi connectivity index (χ0n) is 16.7. The molecular formula is C21H31N3O3. The second-order valence-electron chi connectivity index (χ2n) is 8.18. The summed E-state index contributed by atoms with van der Waals surface area (Å²) in [5.74, 6) is 1.37. The molecule has 1 spiro atoms. The third kappa shape index (κ3) is 4.61. The average molecular weight is 373 g/mol. The van der Waals surface area contributed by atoms with Crippen LogP contribution in [-0.4, -0.2) is 60.1 Å². The fourth-order valence-corrected chi connectivity index (χ4v) is 3.97. The number of hydrogen-bond donors (Lipinski definition) is 1. The van der Waals surface area contributed by atoms with Crippen molar-refractivity contribution in [3.63, 3.8) is 0 Å². The molecule has 1 aromatic rings. The van der Waals surface area contributed by atoms with Crippen LogP contribution in [0.1, 0.15) is 38.7 Å². The molecular weight excluding hydrogens is 342 g/mol. The summed E-state index contributed by atoms with van der Waals surface area (Å²) >= 11 is 0. The number of aryl methyl sites for hydroxylation is 1. The lowest BCUT2D eigenvalue weighted by Gasteiger charge is -2.38. The summed E-state index contributed by atoms with van der Waals surface area (Å²) < 4.78 is 5.73. The van der Waals surface area contributed by atoms with Crippen LogP contribution in [0, 0.1) is 12.8 Å². The smallest absolute Gasteiger partial charge is 0.325 e. The van der Waals surface area contributed by atoms with Crippen LogP contribution in [0.4, 0.5) is 4.79 Å². The van der Waals surface area contributed by atoms with Crippen molar-refractivity contribution in [1.82, 2.24) is 15.1 Å². The SMILES string of the molecule is Cc1cccc(OCCCN2C(=O)NC3(CCN(CC(C)C)CC3)C2=O)c1. The van der Waals surface area contributed by atoms with E-state index in [0.29, 0.717) is 38.3 Å². The number of amides is 3. The van der Waals surface area contributed by atoms with Gasteiger partial charge in [0.15, 0.2) is 0 Å². The van der Waals surface area contributed by atoms with Crippen LogP contribution in [0.3, 0.4) is 0 Å². The van der Waals surface area contributed by atoms with Gasteiger partial charge in [-0.3, -0.25) is 9.69 Å². The van der Waals surface area contributed by atoms with Crippen LogP contribution >= 0.6 is 0 Å². The molecule has 3 rings (SSSR count). The first kappa shape index (κ1) is 19.7. The predicted octanol–water partition coefficient (Wildman–Crippen LogP) is 2.81. The Morgan fingerprint density at radius 1 is 1.22 bits per heavy atom. The normalized spacial score (nSPS) is 19.8. The number of rotatable bonds is 7. The number of carbonyl (C=O) groups excluding carboxylic acids is 2. The van der Waals surface area contributed by atoms with Crippen molar-refractivity contribution in [2.75, 3.05) is 32.8 Å². The largest absolute Gasteiger partial charge is 0.494 e. The Balaban J connectivity index is 1.48. The van der Waals surface area contributed by atoms with Gasteiger partial charge in [0.05, 0.1) is 6.61 Å². The molecule has 2 fully saturated rings. The van der Waals surface area contributed by atoms with Crippen LogP contribution in [0.25, 0.3) is 0 Å². The molecule has 0 atom stereocenters. The van der Waals surface area contributed by atoms with Crippen LogP contribution < -0.4 is 10.1 Å². The average Bonchev–Trinajstić information content (AvgIpc) is 2.84. The molecule has 1 aromatic carbocycles. The Labute approximate surface area is 161 Å². The third-order valence-corrected chi connectivity index (χ3v) is 5.36. The summed E-state index contributed by atoms with van der Waals surface area (Å²) in [5.41, 5.74) is 0.453. The van der Waals surface area contributed by atoms with Crippen LogP contribution in [0.15, 0.2) is 24.3 Å². The summed E-state index contributed by atoms with van der Waals surface area (Å²) in [7, 11) is 0. The molecule has 27 heavy (non-hydrogen) atoms. The van der Waals surface area contributed by atoms with E-state index in [1.54, 1.807) is 0 Å². The molecule has 2 aliphatic heterocycles. The summed E-state index contributed by atoms with van der Waals surface area (Å²) in [6.45, 7) is 10.1. The lowest BCUT2D eigenvalue weighted by molar-refractivity contribution is -0.133. The van der Waals surface area contributed by atoms with Gasteiger partial charge < -0.3 is 15.0 Å². The number of ether oxygens (including phenoxy) is 1. The molecule has 2 heterocycles. The van der Waals surface area contributed by atoms with E-state index in [1.165, 1.54) is 4.90 Å². The zero-order chi connectivity index (χ0) is 19.4. The Morgan fingerprint density at radius 2 is 1.96 bits per heavy atom. The molecule has 0 saturated carbocycles. The summed E-state index contributed by atoms with van der Waals surface area (Å²) in [6, 6.07) is 7.62. The van der Waals surface area contributed by atoms with Crippen molar-refractivity contribution >= 4 is 11.9 Å². The van der Waals surface area contributed by atoms with Crippen LogP contribution in [0.2, 0.25) is 0 Å². The van der Waals surface area contributed by atoms with Crippen molar-refractivity contribution < 1.29 is 14.3 Å². The topological polar surface area (TPSA) is 61.9 Å². The molecule has 6 nitrogen and oxygen atoms in total. The summed E-state index contributed by atoms with van der Waals surface area (Å²) in [6.07, 6.45) is 2.02. The van der Waals surface area contributed by atoms with Crippen LogP contribution in [0.5, 0.6) is 5.75 Å². The van der Waals surface area contributed by atoms with Crippen LogP contribution in [-0.2, 0) is 4.79 Å². The van der Waals surface area contributed by atoms with Crippen molar-refractivity contribution in [2.24, 2.45) is 5.92 Å². The second kappa shape index (κ2) is 8.30. The molecule has 2 saturated heterocycles. The van der Waals surface area contributed by atoms with Gasteiger partial charge in [-0.1, -0.05) is 26.0 Å². The van der Waals surface area contributed by atoms with E-state index < -0.39 is 5.54 Å². The van der Waals surface area contributed by atoms with E-state index in [9.17, 15) is 9.59 Å². The molecule has 0 aliphatic carbocycles. The van der Waals surface area contributed by atoms with E-state index in [2.05, 4.69) is 24.1 Å². The van der Waals surface area contributed by atoms with Gasteiger partial charge >= 0.3 is 6.03 Å². The highest BCUT2D eigenvalue weighted by Gasteiger charge is 2.51. The van der Waals surface area contributed by atoms with Gasteiger partial charge in [-0.25, -0.2) is 4.79 Å². The Kier molecular flexibility index (Phi) is 6.05. The minimum atomic E-state index is -0.692. The van der Waals surface area contributed by atoms with Crippen molar-refractivity contribution in [3.05, 3.63) is 29.8 Å². The number of nitrogens with zero attached hydrogens (tertiary/aromatic N) is 2. The zero-order valence-corrected chi connectivity index (χ0v) is 16.7. The number of imide groups is 1. The van der Waals surface area contributed by atoms with E-state index in [0.717, 1.165) is 30.9 Å². The molecule has 2 aliphatic rings. The Bertz CT molecular complexity index is 681. The first-order chi connectivity index (χ1) is 12.9. The lowest BCUT2D eigenvalue weighted by Crippen LogP contribution is -2.55. The number of hydrogen-bond acceptors (Lipinski definition) is 4. The predicted molar refractivity (Wildman–Crippen MR) is 105 cm³/mol. The van der Waals surface area contributed by atoms with E-state index in [1.807, 2.05) is 31.2 Å². The fourth-order valence-electron chi connectivity index (χ4n) is 3.97. The highest BCUT2D eigenvalue weighted by molar-refractivity contribution is 6.07. The number of nitrogens with one attached hydrogen (secondary N) is 1. The molecule has 0 unspecified atom stereocenters. The lowest BCUT2D eigenvalue weighted by atomic mass is 9.87. The standard InChI is InChI=1S/C21H31N3O3/c1-16(2)15-23-11-8-21(9-12-23)19(25)24(20(26)22-21)10-5-13-27-18-7-4-6-17(3)14-18/h4,6-7,14,16H,5,8-13,15H2,1-3H3,(H,22,26). The van der Waals surface area contributed by atoms with Gasteiger partial charge in [0.2, 0.25) is 0 Å². The Hall–Kier alpha value is -2.08. The van der Waals surface area contributed by atoms with Crippen molar-refractivity contribution in [2.45, 2.75) is 45.6 Å². The first-order valence-corrected chi connectivity index (χ1v) is 9.95. The molecule has 6 heteroatoms. The van der Waals surface area contributed by atoms with Gasteiger partial charge in [0, 0.05) is 26.2 Å². The van der Waals surface area contributed by atoms with E-state index in [-0.39, 0.29) is 11.9 Å². The molecule has 1 N–H and O–H groups in total.